The van der Waals surface area contributed by atoms with Crippen LogP contribution in [0, 0.1) is 0 Å². The summed E-state index contributed by atoms with van der Waals surface area (Å²) in [5.74, 6) is 2.22. The smallest absolute Gasteiger partial charge is 0.212 e. The first-order valence-corrected chi connectivity index (χ1v) is 10.8. The van der Waals surface area contributed by atoms with Crippen molar-refractivity contribution in [3.05, 3.63) is 77.9 Å². The lowest BCUT2D eigenvalue weighted by Crippen LogP contribution is -2.00. The van der Waals surface area contributed by atoms with Gasteiger partial charge >= 0.3 is 0 Å². The molecule has 0 amide bonds. The van der Waals surface area contributed by atoms with Crippen LogP contribution in [0.5, 0.6) is 5.88 Å². The summed E-state index contributed by atoms with van der Waals surface area (Å²) in [5.41, 5.74) is 11.0. The molecular formula is C25H26N8O. The van der Waals surface area contributed by atoms with Crippen LogP contribution in [0.15, 0.2) is 66.2 Å². The molecule has 172 valence electrons. The molecule has 4 aromatic heterocycles. The molecule has 4 rings (SSSR count). The van der Waals surface area contributed by atoms with E-state index in [0.717, 1.165) is 33.3 Å². The van der Waals surface area contributed by atoms with Crippen LogP contribution >= 0.6 is 0 Å². The molecule has 0 saturated heterocycles. The lowest BCUT2D eigenvalue weighted by Gasteiger charge is -2.09. The number of aliphatic imine (C=N–C) groups is 1. The molecule has 0 atom stereocenters. The summed E-state index contributed by atoms with van der Waals surface area (Å²) in [6, 6.07) is 11.4. The van der Waals surface area contributed by atoms with Crippen molar-refractivity contribution in [2.45, 2.75) is 26.3 Å². The normalized spacial score (nSPS) is 11.9. The SMILES string of the molecule is COc1ccc(CN=CC(=CN)c2cnc3ccc(Nc4cc(C(C)C)cnn4)nc3c2)cn1. The van der Waals surface area contributed by atoms with Crippen molar-refractivity contribution in [3.63, 3.8) is 0 Å². The number of hydrogen-bond acceptors (Lipinski definition) is 9. The first-order chi connectivity index (χ1) is 16.6. The van der Waals surface area contributed by atoms with Crippen LogP contribution in [0.4, 0.5) is 11.6 Å². The highest BCUT2D eigenvalue weighted by atomic mass is 16.5. The van der Waals surface area contributed by atoms with E-state index >= 15 is 0 Å². The number of fused-ring (bicyclic) bond motifs is 1. The van der Waals surface area contributed by atoms with E-state index in [-0.39, 0.29) is 0 Å². The fourth-order valence-electron chi connectivity index (χ4n) is 3.21. The number of aromatic nitrogens is 5. The Morgan fingerprint density at radius 2 is 1.94 bits per heavy atom. The summed E-state index contributed by atoms with van der Waals surface area (Å²) in [7, 11) is 1.59. The highest BCUT2D eigenvalue weighted by Gasteiger charge is 2.07. The molecule has 0 spiro atoms. The number of ether oxygens (including phenoxy) is 1. The van der Waals surface area contributed by atoms with E-state index in [2.05, 4.69) is 44.3 Å². The lowest BCUT2D eigenvalue weighted by molar-refractivity contribution is 0.397. The number of methoxy groups -OCH3 is 1. The van der Waals surface area contributed by atoms with Gasteiger partial charge in [-0.25, -0.2) is 9.97 Å². The standard InChI is InChI=1S/C25H26N8O/c1-16(2)18-9-24(33-30-15-18)32-23-6-5-21-22(31-23)8-19(14-28-21)20(10-26)13-27-11-17-4-7-25(34-3)29-12-17/h4-10,12-16H,11,26H2,1-3H3,(H,31,32,33). The van der Waals surface area contributed by atoms with Crippen LogP contribution in [0.1, 0.15) is 36.5 Å². The molecule has 0 aromatic carbocycles. The monoisotopic (exact) mass is 454 g/mol. The molecule has 0 aliphatic heterocycles. The molecule has 0 radical (unpaired) electrons. The molecular weight excluding hydrogens is 428 g/mol. The molecule has 0 saturated carbocycles. The third kappa shape index (κ3) is 5.50. The van der Waals surface area contributed by atoms with E-state index in [1.807, 2.05) is 30.3 Å². The van der Waals surface area contributed by atoms with Crippen LogP contribution in [0.2, 0.25) is 0 Å². The number of rotatable bonds is 8. The zero-order chi connectivity index (χ0) is 23.9. The first-order valence-electron chi connectivity index (χ1n) is 10.8. The first kappa shape index (κ1) is 22.8. The number of nitrogens with zero attached hydrogens (tertiary/aromatic N) is 6. The molecule has 0 fully saturated rings. The Labute approximate surface area is 197 Å². The van der Waals surface area contributed by atoms with E-state index in [4.69, 9.17) is 15.5 Å². The minimum Gasteiger partial charge on any atom is -0.481 e. The van der Waals surface area contributed by atoms with Crippen LogP contribution in [0.25, 0.3) is 16.6 Å². The maximum absolute atomic E-state index is 5.88. The molecule has 0 bridgehead atoms. The molecule has 4 aromatic rings. The maximum Gasteiger partial charge on any atom is 0.212 e. The van der Waals surface area contributed by atoms with Crippen LogP contribution in [-0.2, 0) is 6.54 Å². The van der Waals surface area contributed by atoms with E-state index in [9.17, 15) is 0 Å². The van der Waals surface area contributed by atoms with Gasteiger partial charge in [-0.15, -0.1) is 5.10 Å². The van der Waals surface area contributed by atoms with Gasteiger partial charge in [0.1, 0.15) is 5.82 Å². The minimum atomic E-state index is 0.358. The molecule has 9 heteroatoms. The molecule has 0 unspecified atom stereocenters. The highest BCUT2D eigenvalue weighted by Crippen LogP contribution is 2.22. The van der Waals surface area contributed by atoms with E-state index in [1.54, 1.807) is 38.0 Å². The number of nitrogens with two attached hydrogens (primary N) is 1. The molecule has 0 aliphatic rings. The van der Waals surface area contributed by atoms with Crippen molar-refractivity contribution < 1.29 is 4.74 Å². The zero-order valence-corrected chi connectivity index (χ0v) is 19.3. The van der Waals surface area contributed by atoms with Gasteiger partial charge in [0.05, 0.1) is 30.9 Å². The van der Waals surface area contributed by atoms with Crippen LogP contribution in [0.3, 0.4) is 0 Å². The Morgan fingerprint density at radius 1 is 1.06 bits per heavy atom. The molecule has 34 heavy (non-hydrogen) atoms. The summed E-state index contributed by atoms with van der Waals surface area (Å²) >= 11 is 0. The summed E-state index contributed by atoms with van der Waals surface area (Å²) in [6.45, 7) is 4.70. The predicted octanol–water partition coefficient (Wildman–Crippen LogP) is 4.26. The summed E-state index contributed by atoms with van der Waals surface area (Å²) in [6.07, 6.45) is 8.50. The molecule has 4 heterocycles. The van der Waals surface area contributed by atoms with E-state index < -0.39 is 0 Å². The fraction of sp³-hybridized carbons (Fsp3) is 0.200. The highest BCUT2D eigenvalue weighted by molar-refractivity contribution is 6.10. The van der Waals surface area contributed by atoms with Gasteiger partial charge in [0.2, 0.25) is 5.88 Å². The van der Waals surface area contributed by atoms with Gasteiger partial charge in [-0.2, -0.15) is 5.10 Å². The van der Waals surface area contributed by atoms with Crippen LogP contribution in [-0.4, -0.2) is 38.5 Å². The Kier molecular flexibility index (Phi) is 7.02. The third-order valence-corrected chi connectivity index (χ3v) is 5.16. The van der Waals surface area contributed by atoms with Gasteiger partial charge in [-0.3, -0.25) is 9.98 Å². The minimum absolute atomic E-state index is 0.358. The van der Waals surface area contributed by atoms with Crippen LogP contribution < -0.4 is 15.8 Å². The Balaban J connectivity index is 1.52. The number of hydrogen-bond donors (Lipinski definition) is 2. The lowest BCUT2D eigenvalue weighted by atomic mass is 10.1. The van der Waals surface area contributed by atoms with Gasteiger partial charge in [0.25, 0.3) is 0 Å². The second-order valence-electron chi connectivity index (χ2n) is 7.91. The zero-order valence-electron chi connectivity index (χ0n) is 19.3. The largest absolute Gasteiger partial charge is 0.481 e. The quantitative estimate of drug-likeness (QED) is 0.378. The summed E-state index contributed by atoms with van der Waals surface area (Å²) in [5, 5.41) is 11.4. The summed E-state index contributed by atoms with van der Waals surface area (Å²) in [4.78, 5) is 17.9. The van der Waals surface area contributed by atoms with Crippen molar-refractivity contribution in [2.75, 3.05) is 12.4 Å². The van der Waals surface area contributed by atoms with Gasteiger partial charge in [-0.05, 0) is 41.3 Å². The van der Waals surface area contributed by atoms with Crippen molar-refractivity contribution in [2.24, 2.45) is 10.7 Å². The average Bonchev–Trinajstić information content (AvgIpc) is 2.87. The fourth-order valence-corrected chi connectivity index (χ4v) is 3.21. The second-order valence-corrected chi connectivity index (χ2v) is 7.91. The van der Waals surface area contributed by atoms with Gasteiger partial charge in [0, 0.05) is 42.0 Å². The van der Waals surface area contributed by atoms with Crippen molar-refractivity contribution in [1.29, 1.82) is 0 Å². The summed E-state index contributed by atoms with van der Waals surface area (Å²) < 4.78 is 5.08. The van der Waals surface area contributed by atoms with Gasteiger partial charge < -0.3 is 15.8 Å². The molecule has 3 N–H and O–H groups in total. The Morgan fingerprint density at radius 3 is 2.68 bits per heavy atom. The number of pyridine rings is 3. The van der Waals surface area contributed by atoms with E-state index in [0.29, 0.717) is 30.0 Å². The van der Waals surface area contributed by atoms with Crippen molar-refractivity contribution in [1.82, 2.24) is 25.1 Å². The number of allylic oxidation sites excluding steroid dienone is 1. The topological polar surface area (TPSA) is 124 Å². The van der Waals surface area contributed by atoms with Gasteiger partial charge in [-0.1, -0.05) is 19.9 Å². The number of nitrogens with one attached hydrogen (secondary N) is 1. The van der Waals surface area contributed by atoms with Crippen molar-refractivity contribution >= 4 is 34.5 Å². The van der Waals surface area contributed by atoms with Gasteiger partial charge in [0.15, 0.2) is 5.82 Å². The Hall–Kier alpha value is -4.40. The maximum atomic E-state index is 5.88. The molecule has 9 nitrogen and oxygen atoms in total. The third-order valence-electron chi connectivity index (χ3n) is 5.16. The van der Waals surface area contributed by atoms with Crippen molar-refractivity contribution in [3.8, 4) is 5.88 Å². The second kappa shape index (κ2) is 10.5. The van der Waals surface area contributed by atoms with E-state index in [1.165, 1.54) is 6.20 Å². The molecule has 0 aliphatic carbocycles. The predicted molar refractivity (Wildman–Crippen MR) is 134 cm³/mol. The number of anilines is 2. The average molecular weight is 455 g/mol. The Bertz CT molecular complexity index is 1330.